The first-order valence-electron chi connectivity index (χ1n) is 4.96. The minimum absolute atomic E-state index is 0.0139. The van der Waals surface area contributed by atoms with Gasteiger partial charge in [0.15, 0.2) is 11.6 Å². The second-order valence-electron chi connectivity index (χ2n) is 4.45. The van der Waals surface area contributed by atoms with Gasteiger partial charge in [-0.1, -0.05) is 11.6 Å². The average Bonchev–Trinajstić information content (AvgIpc) is 2.30. The zero-order chi connectivity index (χ0) is 12.8. The lowest BCUT2D eigenvalue weighted by Gasteiger charge is -2.23. The maximum absolute atomic E-state index is 13.8. The number of ether oxygens (including phenoxy) is 1. The number of hydrogen-bond acceptors (Lipinski definition) is 2. The van der Waals surface area contributed by atoms with Gasteiger partial charge < -0.3 is 10.1 Å². The molecule has 92 valence electrons. The molecule has 1 aromatic rings. The molecule has 6 heteroatoms. The van der Waals surface area contributed by atoms with Gasteiger partial charge in [0.2, 0.25) is 5.91 Å². The number of anilines is 1. The molecular formula is C11H10BrClFNO2. The van der Waals surface area contributed by atoms with Crippen molar-refractivity contribution in [2.75, 3.05) is 5.32 Å². The topological polar surface area (TPSA) is 38.3 Å². The van der Waals surface area contributed by atoms with E-state index in [1.165, 1.54) is 6.07 Å². The van der Waals surface area contributed by atoms with E-state index in [2.05, 4.69) is 21.2 Å². The van der Waals surface area contributed by atoms with Gasteiger partial charge in [0.05, 0.1) is 15.9 Å². The summed E-state index contributed by atoms with van der Waals surface area (Å²) in [7, 11) is 0. The van der Waals surface area contributed by atoms with Crippen LogP contribution in [0.15, 0.2) is 10.5 Å². The number of amides is 1. The Hall–Kier alpha value is -0.810. The quantitative estimate of drug-likeness (QED) is 0.739. The summed E-state index contributed by atoms with van der Waals surface area (Å²) in [6, 6.07) is 1.41. The predicted molar refractivity (Wildman–Crippen MR) is 67.1 cm³/mol. The predicted octanol–water partition coefficient (Wildman–Crippen LogP) is 3.74. The SMILES string of the molecule is CC1(C)CC(=O)Nc2c(F)c(Cl)cc(Br)c2O1. The van der Waals surface area contributed by atoms with Crippen LogP contribution in [0.4, 0.5) is 10.1 Å². The van der Waals surface area contributed by atoms with E-state index < -0.39 is 11.4 Å². The summed E-state index contributed by atoms with van der Waals surface area (Å²) in [6.45, 7) is 3.53. The Labute approximate surface area is 111 Å². The fourth-order valence-electron chi connectivity index (χ4n) is 1.67. The van der Waals surface area contributed by atoms with Crippen molar-refractivity contribution in [3.8, 4) is 5.75 Å². The van der Waals surface area contributed by atoms with Crippen LogP contribution in [0.3, 0.4) is 0 Å². The minimum atomic E-state index is -0.696. The number of fused-ring (bicyclic) bond motifs is 1. The maximum Gasteiger partial charge on any atom is 0.228 e. The van der Waals surface area contributed by atoms with Crippen molar-refractivity contribution in [3.05, 3.63) is 21.4 Å². The molecule has 1 N–H and O–H groups in total. The van der Waals surface area contributed by atoms with Gasteiger partial charge in [-0.05, 0) is 35.8 Å². The van der Waals surface area contributed by atoms with Gasteiger partial charge in [0.1, 0.15) is 11.3 Å². The van der Waals surface area contributed by atoms with Crippen LogP contribution in [0.25, 0.3) is 0 Å². The van der Waals surface area contributed by atoms with Crippen molar-refractivity contribution < 1.29 is 13.9 Å². The average molecular weight is 323 g/mol. The van der Waals surface area contributed by atoms with Crippen molar-refractivity contribution in [2.24, 2.45) is 0 Å². The smallest absolute Gasteiger partial charge is 0.228 e. The standard InChI is InChI=1S/C11H10BrClFNO2/c1-11(2)4-7(16)15-9-8(14)6(13)3-5(12)10(9)17-11/h3H,4H2,1-2H3,(H,15,16). The molecule has 0 saturated carbocycles. The number of benzene rings is 1. The van der Waals surface area contributed by atoms with Crippen LogP contribution in [-0.2, 0) is 4.79 Å². The molecule has 0 atom stereocenters. The molecule has 1 aromatic carbocycles. The van der Waals surface area contributed by atoms with Gasteiger partial charge in [-0.2, -0.15) is 0 Å². The first kappa shape index (κ1) is 12.6. The molecule has 1 aliphatic heterocycles. The highest BCUT2D eigenvalue weighted by atomic mass is 79.9. The summed E-state index contributed by atoms with van der Waals surface area (Å²) in [5.74, 6) is -0.722. The Morgan fingerprint density at radius 2 is 2.24 bits per heavy atom. The van der Waals surface area contributed by atoms with Crippen LogP contribution in [0.5, 0.6) is 5.75 Å². The van der Waals surface area contributed by atoms with Crippen LogP contribution in [0.1, 0.15) is 20.3 Å². The molecular weight excluding hydrogens is 312 g/mol. The summed E-state index contributed by atoms with van der Waals surface area (Å²) in [5, 5.41) is 2.40. The monoisotopic (exact) mass is 321 g/mol. The molecule has 0 radical (unpaired) electrons. The molecule has 1 heterocycles. The number of hydrogen-bond donors (Lipinski definition) is 1. The lowest BCUT2D eigenvalue weighted by atomic mass is 10.1. The first-order valence-corrected chi connectivity index (χ1v) is 6.13. The van der Waals surface area contributed by atoms with Crippen LogP contribution < -0.4 is 10.1 Å². The maximum atomic E-state index is 13.8. The molecule has 0 bridgehead atoms. The molecule has 0 saturated heterocycles. The minimum Gasteiger partial charge on any atom is -0.484 e. The van der Waals surface area contributed by atoms with E-state index in [9.17, 15) is 9.18 Å². The molecule has 0 spiro atoms. The van der Waals surface area contributed by atoms with E-state index in [1.54, 1.807) is 13.8 Å². The summed E-state index contributed by atoms with van der Waals surface area (Å²) >= 11 is 8.96. The van der Waals surface area contributed by atoms with E-state index in [-0.39, 0.29) is 28.8 Å². The molecule has 0 fully saturated rings. The molecule has 0 unspecified atom stereocenters. The van der Waals surface area contributed by atoms with Gasteiger partial charge in [-0.3, -0.25) is 4.79 Å². The highest BCUT2D eigenvalue weighted by molar-refractivity contribution is 9.10. The lowest BCUT2D eigenvalue weighted by Crippen LogP contribution is -2.30. The molecule has 1 amide bonds. The number of carbonyl (C=O) groups is 1. The lowest BCUT2D eigenvalue weighted by molar-refractivity contribution is -0.118. The molecule has 0 aliphatic carbocycles. The second-order valence-corrected chi connectivity index (χ2v) is 5.71. The van der Waals surface area contributed by atoms with Crippen molar-refractivity contribution >= 4 is 39.1 Å². The molecule has 2 rings (SSSR count). The van der Waals surface area contributed by atoms with E-state index in [0.717, 1.165) is 0 Å². The van der Waals surface area contributed by atoms with Crippen molar-refractivity contribution in [1.29, 1.82) is 0 Å². The third kappa shape index (κ3) is 2.40. The van der Waals surface area contributed by atoms with E-state index >= 15 is 0 Å². The van der Waals surface area contributed by atoms with Gasteiger partial charge >= 0.3 is 0 Å². The summed E-state index contributed by atoms with van der Waals surface area (Å²) in [6.07, 6.45) is 0.144. The van der Waals surface area contributed by atoms with Crippen LogP contribution in [0, 0.1) is 5.82 Å². The van der Waals surface area contributed by atoms with E-state index in [1.807, 2.05) is 0 Å². The molecule has 0 aromatic heterocycles. The third-order valence-corrected chi connectivity index (χ3v) is 3.22. The van der Waals surface area contributed by atoms with Crippen LogP contribution in [-0.4, -0.2) is 11.5 Å². The largest absolute Gasteiger partial charge is 0.484 e. The number of halogens is 3. The Bertz CT molecular complexity index is 505. The molecule has 1 aliphatic rings. The Morgan fingerprint density at radius 3 is 2.88 bits per heavy atom. The second kappa shape index (κ2) is 4.14. The first-order chi connectivity index (χ1) is 7.80. The van der Waals surface area contributed by atoms with Crippen LogP contribution >= 0.6 is 27.5 Å². The van der Waals surface area contributed by atoms with Gasteiger partial charge in [-0.25, -0.2) is 4.39 Å². The van der Waals surface area contributed by atoms with E-state index in [0.29, 0.717) is 4.47 Å². The molecule has 17 heavy (non-hydrogen) atoms. The normalized spacial score (nSPS) is 17.8. The van der Waals surface area contributed by atoms with Gasteiger partial charge in [0.25, 0.3) is 0 Å². The van der Waals surface area contributed by atoms with E-state index in [4.69, 9.17) is 16.3 Å². The zero-order valence-electron chi connectivity index (χ0n) is 9.23. The Kier molecular flexibility index (Phi) is 3.08. The summed E-state index contributed by atoms with van der Waals surface area (Å²) < 4.78 is 20.0. The fourth-order valence-corrected chi connectivity index (χ4v) is 2.52. The van der Waals surface area contributed by atoms with Gasteiger partial charge in [-0.15, -0.1) is 0 Å². The third-order valence-electron chi connectivity index (χ3n) is 2.36. The van der Waals surface area contributed by atoms with Crippen molar-refractivity contribution in [1.82, 2.24) is 0 Å². The van der Waals surface area contributed by atoms with Gasteiger partial charge in [0, 0.05) is 0 Å². The Balaban J connectivity index is 2.64. The summed E-state index contributed by atoms with van der Waals surface area (Å²) in [5.41, 5.74) is -0.710. The highest BCUT2D eigenvalue weighted by Crippen LogP contribution is 2.43. The number of rotatable bonds is 0. The highest BCUT2D eigenvalue weighted by Gasteiger charge is 2.32. The van der Waals surface area contributed by atoms with Crippen LogP contribution in [0.2, 0.25) is 5.02 Å². The van der Waals surface area contributed by atoms with Crippen molar-refractivity contribution in [2.45, 2.75) is 25.9 Å². The number of nitrogens with one attached hydrogen (secondary N) is 1. The van der Waals surface area contributed by atoms with Crippen molar-refractivity contribution in [3.63, 3.8) is 0 Å². The molecule has 3 nitrogen and oxygen atoms in total. The summed E-state index contributed by atoms with van der Waals surface area (Å²) in [4.78, 5) is 11.6. The zero-order valence-corrected chi connectivity index (χ0v) is 11.6. The Morgan fingerprint density at radius 1 is 1.59 bits per heavy atom. The number of carbonyl (C=O) groups excluding carboxylic acids is 1. The fraction of sp³-hybridized carbons (Fsp3) is 0.364.